The molecule has 0 aliphatic carbocycles. The third-order valence-electron chi connectivity index (χ3n) is 6.96. The molecule has 3 aromatic heterocycles. The molecule has 5 rings (SSSR count). The van der Waals surface area contributed by atoms with Gasteiger partial charge in [0.15, 0.2) is 0 Å². The van der Waals surface area contributed by atoms with E-state index in [1.807, 2.05) is 60.1 Å². The zero-order chi connectivity index (χ0) is 25.9. The first-order chi connectivity index (χ1) is 17.9. The van der Waals surface area contributed by atoms with Crippen molar-refractivity contribution in [3.8, 4) is 5.88 Å². The van der Waals surface area contributed by atoms with Crippen molar-refractivity contribution in [1.82, 2.24) is 19.3 Å². The fourth-order valence-electron chi connectivity index (χ4n) is 4.97. The number of hydrogen-bond donors (Lipinski definition) is 1. The summed E-state index contributed by atoms with van der Waals surface area (Å²) in [5.41, 5.74) is 4.66. The Morgan fingerprint density at radius 2 is 1.86 bits per heavy atom. The van der Waals surface area contributed by atoms with Crippen molar-refractivity contribution in [2.24, 2.45) is 0 Å². The van der Waals surface area contributed by atoms with Crippen molar-refractivity contribution in [2.45, 2.75) is 25.8 Å². The number of rotatable bonds is 8. The van der Waals surface area contributed by atoms with Crippen LogP contribution in [0.3, 0.4) is 0 Å². The van der Waals surface area contributed by atoms with Crippen molar-refractivity contribution in [2.75, 3.05) is 57.7 Å². The van der Waals surface area contributed by atoms with Crippen LogP contribution in [-0.4, -0.2) is 78.7 Å². The van der Waals surface area contributed by atoms with Gasteiger partial charge in [-0.15, -0.1) is 0 Å². The number of anilines is 2. The zero-order valence-corrected chi connectivity index (χ0v) is 21.9. The van der Waals surface area contributed by atoms with Crippen LogP contribution in [0.2, 0.25) is 0 Å². The van der Waals surface area contributed by atoms with Gasteiger partial charge in [-0.25, -0.2) is 9.97 Å². The van der Waals surface area contributed by atoms with E-state index >= 15 is 0 Å². The molecule has 1 aliphatic heterocycles. The molecule has 194 valence electrons. The summed E-state index contributed by atoms with van der Waals surface area (Å²) in [6, 6.07) is 12.1. The number of amides is 1. The maximum absolute atomic E-state index is 13.5. The second-order valence-corrected chi connectivity index (χ2v) is 9.72. The Hall–Kier alpha value is -3.69. The number of aryl methyl sites for hydroxylation is 1. The van der Waals surface area contributed by atoms with E-state index in [2.05, 4.69) is 34.2 Å². The summed E-state index contributed by atoms with van der Waals surface area (Å²) < 4.78 is 12.8. The number of hydrogen-bond acceptors (Lipinski definition) is 7. The first-order valence-corrected chi connectivity index (χ1v) is 12.7. The third kappa shape index (κ3) is 5.38. The fraction of sp³-hybridized carbons (Fsp3) is 0.393. The average molecular weight is 503 g/mol. The summed E-state index contributed by atoms with van der Waals surface area (Å²) in [6.45, 7) is 4.71. The topological polar surface area (TPSA) is 84.2 Å². The van der Waals surface area contributed by atoms with Crippen molar-refractivity contribution in [3.63, 3.8) is 0 Å². The molecule has 0 bridgehead atoms. The van der Waals surface area contributed by atoms with Gasteiger partial charge in [-0.05, 0) is 64.2 Å². The SMILES string of the molecule is COCCOc1ccc2c(N3CCC(N(C)C)CC3)ccc(C(=O)Nc3ccc4nc(C)cn4c3)c2n1. The van der Waals surface area contributed by atoms with Gasteiger partial charge in [-0.3, -0.25) is 4.79 Å². The van der Waals surface area contributed by atoms with E-state index in [0.29, 0.717) is 41.9 Å². The van der Waals surface area contributed by atoms with Crippen LogP contribution in [0, 0.1) is 6.92 Å². The maximum atomic E-state index is 13.5. The predicted molar refractivity (Wildman–Crippen MR) is 146 cm³/mol. The molecule has 37 heavy (non-hydrogen) atoms. The number of methoxy groups -OCH3 is 1. The lowest BCUT2D eigenvalue weighted by Crippen LogP contribution is -2.42. The van der Waals surface area contributed by atoms with Gasteiger partial charge in [-0.1, -0.05) is 0 Å². The van der Waals surface area contributed by atoms with Crippen molar-refractivity contribution < 1.29 is 14.3 Å². The minimum atomic E-state index is -0.222. The third-order valence-corrected chi connectivity index (χ3v) is 6.96. The molecule has 1 fully saturated rings. The van der Waals surface area contributed by atoms with E-state index in [0.717, 1.165) is 48.3 Å². The lowest BCUT2D eigenvalue weighted by atomic mass is 10.0. The van der Waals surface area contributed by atoms with Crippen molar-refractivity contribution >= 4 is 33.8 Å². The van der Waals surface area contributed by atoms with Gasteiger partial charge >= 0.3 is 0 Å². The van der Waals surface area contributed by atoms with Gasteiger partial charge in [0.05, 0.1) is 29.1 Å². The van der Waals surface area contributed by atoms with Crippen molar-refractivity contribution in [1.29, 1.82) is 0 Å². The minimum absolute atomic E-state index is 0.222. The normalized spacial score (nSPS) is 14.6. The van der Waals surface area contributed by atoms with Gasteiger partial charge in [0.1, 0.15) is 12.3 Å². The van der Waals surface area contributed by atoms with Crippen LogP contribution in [0.4, 0.5) is 11.4 Å². The molecule has 9 nitrogen and oxygen atoms in total. The predicted octanol–water partition coefficient (Wildman–Crippen LogP) is 4.00. The zero-order valence-electron chi connectivity index (χ0n) is 21.9. The quantitative estimate of drug-likeness (QED) is 0.365. The van der Waals surface area contributed by atoms with Crippen LogP contribution in [0.25, 0.3) is 16.6 Å². The lowest BCUT2D eigenvalue weighted by molar-refractivity contribution is 0.102. The molecular weight excluding hydrogens is 468 g/mol. The Morgan fingerprint density at radius 1 is 1.05 bits per heavy atom. The summed E-state index contributed by atoms with van der Waals surface area (Å²) in [7, 11) is 5.92. The van der Waals surface area contributed by atoms with E-state index in [9.17, 15) is 4.79 Å². The van der Waals surface area contributed by atoms with Gasteiger partial charge in [0, 0.05) is 55.8 Å². The Bertz CT molecular complexity index is 1410. The second kappa shape index (κ2) is 10.7. The molecule has 0 unspecified atom stereocenters. The van der Waals surface area contributed by atoms with E-state index in [4.69, 9.17) is 14.5 Å². The summed E-state index contributed by atoms with van der Waals surface area (Å²) in [6.07, 6.45) is 5.99. The maximum Gasteiger partial charge on any atom is 0.257 e. The monoisotopic (exact) mass is 502 g/mol. The van der Waals surface area contributed by atoms with Crippen LogP contribution >= 0.6 is 0 Å². The summed E-state index contributed by atoms with van der Waals surface area (Å²) in [5, 5.41) is 3.97. The van der Waals surface area contributed by atoms with E-state index in [1.165, 1.54) is 0 Å². The number of fused-ring (bicyclic) bond motifs is 2. The molecule has 1 N–H and O–H groups in total. The largest absolute Gasteiger partial charge is 0.475 e. The highest BCUT2D eigenvalue weighted by molar-refractivity contribution is 6.14. The molecule has 0 atom stereocenters. The number of nitrogens with zero attached hydrogens (tertiary/aromatic N) is 5. The molecular formula is C28H34N6O3. The van der Waals surface area contributed by atoms with Crippen LogP contribution in [0.15, 0.2) is 48.8 Å². The van der Waals surface area contributed by atoms with E-state index < -0.39 is 0 Å². The number of nitrogens with one attached hydrogen (secondary N) is 1. The molecule has 1 aromatic carbocycles. The number of carbonyl (C=O) groups is 1. The first kappa shape index (κ1) is 25.0. The average Bonchev–Trinajstić information content (AvgIpc) is 3.27. The summed E-state index contributed by atoms with van der Waals surface area (Å²) >= 11 is 0. The number of carbonyl (C=O) groups excluding carboxylic acids is 1. The highest BCUT2D eigenvalue weighted by Gasteiger charge is 2.24. The molecule has 0 spiro atoms. The second-order valence-electron chi connectivity index (χ2n) is 9.72. The number of aromatic nitrogens is 3. The number of pyridine rings is 2. The van der Waals surface area contributed by atoms with Gasteiger partial charge in [0.2, 0.25) is 5.88 Å². The number of ether oxygens (including phenoxy) is 2. The molecule has 9 heteroatoms. The summed E-state index contributed by atoms with van der Waals surface area (Å²) in [5.74, 6) is 0.248. The van der Waals surface area contributed by atoms with Crippen LogP contribution in [0.1, 0.15) is 28.9 Å². The lowest BCUT2D eigenvalue weighted by Gasteiger charge is -2.37. The molecule has 0 saturated carbocycles. The Kier molecular flexibility index (Phi) is 7.25. The van der Waals surface area contributed by atoms with Gasteiger partial charge in [0.25, 0.3) is 5.91 Å². The molecule has 1 amide bonds. The van der Waals surface area contributed by atoms with Crippen LogP contribution in [0.5, 0.6) is 5.88 Å². The molecule has 1 saturated heterocycles. The molecule has 1 aliphatic rings. The van der Waals surface area contributed by atoms with E-state index in [-0.39, 0.29) is 5.91 Å². The number of benzene rings is 1. The molecule has 4 aromatic rings. The van der Waals surface area contributed by atoms with E-state index in [1.54, 1.807) is 7.11 Å². The summed E-state index contributed by atoms with van der Waals surface area (Å²) in [4.78, 5) is 27.4. The highest BCUT2D eigenvalue weighted by atomic mass is 16.5. The van der Waals surface area contributed by atoms with Crippen molar-refractivity contribution in [3.05, 3.63) is 60.0 Å². The Morgan fingerprint density at radius 3 is 2.62 bits per heavy atom. The fourth-order valence-corrected chi connectivity index (χ4v) is 4.97. The Labute approximate surface area is 217 Å². The highest BCUT2D eigenvalue weighted by Crippen LogP contribution is 2.33. The Balaban J connectivity index is 1.47. The standard InChI is InChI=1S/C28H34N6O3/c1-19-17-34-18-20(5-9-25(34)29-19)30-28(35)23-6-8-24(33-13-11-21(12-14-33)32(2)3)22-7-10-26(31-27(22)23)37-16-15-36-4/h5-10,17-18,21H,11-16H2,1-4H3,(H,30,35). The van der Waals surface area contributed by atoms with Crippen LogP contribution < -0.4 is 15.0 Å². The number of piperidine rings is 1. The van der Waals surface area contributed by atoms with Gasteiger partial charge in [-0.2, -0.15) is 0 Å². The number of imidazole rings is 1. The van der Waals surface area contributed by atoms with Crippen LogP contribution in [-0.2, 0) is 4.74 Å². The molecule has 4 heterocycles. The first-order valence-electron chi connectivity index (χ1n) is 12.7. The minimum Gasteiger partial charge on any atom is -0.475 e. The smallest absolute Gasteiger partial charge is 0.257 e. The molecule has 0 radical (unpaired) electrons. The van der Waals surface area contributed by atoms with Gasteiger partial charge < -0.3 is 29.0 Å².